The van der Waals surface area contributed by atoms with Crippen LogP contribution in [-0.4, -0.2) is 18.9 Å². The first-order chi connectivity index (χ1) is 8.80. The largest absolute Gasteiger partial charge is 0.573 e. The van der Waals surface area contributed by atoms with E-state index in [0.717, 1.165) is 6.07 Å². The lowest BCUT2D eigenvalue weighted by Gasteiger charge is -2.15. The van der Waals surface area contributed by atoms with Crippen LogP contribution in [0.3, 0.4) is 0 Å². The van der Waals surface area contributed by atoms with Gasteiger partial charge >= 0.3 is 12.3 Å². The van der Waals surface area contributed by atoms with Crippen LogP contribution >= 0.6 is 0 Å². The monoisotopic (exact) mass is 273 g/mol. The second-order valence-electron chi connectivity index (χ2n) is 3.51. The van der Waals surface area contributed by atoms with Crippen LogP contribution in [0.15, 0.2) is 12.1 Å². The Hall–Kier alpha value is -2.23. The smallest absolute Gasteiger partial charge is 0.462 e. The number of aryl methyl sites for hydroxylation is 1. The van der Waals surface area contributed by atoms with Crippen LogP contribution in [-0.2, 0) is 4.74 Å². The molecule has 0 aliphatic rings. The van der Waals surface area contributed by atoms with Gasteiger partial charge in [-0.15, -0.1) is 13.2 Å². The van der Waals surface area contributed by atoms with E-state index in [4.69, 9.17) is 5.26 Å². The van der Waals surface area contributed by atoms with Crippen molar-refractivity contribution in [2.75, 3.05) is 6.61 Å². The third-order valence-corrected chi connectivity index (χ3v) is 2.19. The van der Waals surface area contributed by atoms with Crippen molar-refractivity contribution in [3.63, 3.8) is 0 Å². The number of alkyl halides is 3. The summed E-state index contributed by atoms with van der Waals surface area (Å²) in [6, 6.07) is 4.08. The van der Waals surface area contributed by atoms with Crippen molar-refractivity contribution in [1.29, 1.82) is 5.26 Å². The van der Waals surface area contributed by atoms with E-state index in [2.05, 4.69) is 9.47 Å². The standard InChI is InChI=1S/C12H10F3NO3/c1-3-18-11(17)8-5-4-7(2)9(6-16)10(8)19-12(13,14)15/h4-5H,3H2,1-2H3. The average Bonchev–Trinajstić information content (AvgIpc) is 2.27. The molecule has 1 aromatic carbocycles. The molecule has 0 atom stereocenters. The van der Waals surface area contributed by atoms with E-state index in [9.17, 15) is 18.0 Å². The topological polar surface area (TPSA) is 59.3 Å². The van der Waals surface area contributed by atoms with Gasteiger partial charge in [-0.1, -0.05) is 6.07 Å². The molecule has 19 heavy (non-hydrogen) atoms. The molecule has 0 bridgehead atoms. The molecule has 0 aromatic heterocycles. The van der Waals surface area contributed by atoms with Crippen LogP contribution in [0.4, 0.5) is 13.2 Å². The number of carbonyl (C=O) groups is 1. The lowest BCUT2D eigenvalue weighted by molar-refractivity contribution is -0.274. The van der Waals surface area contributed by atoms with Crippen molar-refractivity contribution >= 4 is 5.97 Å². The molecule has 0 heterocycles. The summed E-state index contributed by atoms with van der Waals surface area (Å²) in [5.74, 6) is -1.80. The summed E-state index contributed by atoms with van der Waals surface area (Å²) in [5, 5.41) is 8.88. The van der Waals surface area contributed by atoms with E-state index in [-0.39, 0.29) is 17.7 Å². The van der Waals surface area contributed by atoms with Crippen LogP contribution in [0.25, 0.3) is 0 Å². The molecule has 0 amide bonds. The number of esters is 1. The summed E-state index contributed by atoms with van der Waals surface area (Å²) >= 11 is 0. The maximum Gasteiger partial charge on any atom is 0.573 e. The number of ether oxygens (including phenoxy) is 2. The Kier molecular flexibility index (Phi) is 4.38. The molecule has 0 radical (unpaired) electrons. The molecular formula is C12H10F3NO3. The fraction of sp³-hybridized carbons (Fsp3) is 0.333. The first-order valence-corrected chi connectivity index (χ1v) is 5.26. The van der Waals surface area contributed by atoms with Gasteiger partial charge in [0.15, 0.2) is 5.75 Å². The van der Waals surface area contributed by atoms with Gasteiger partial charge in [-0.05, 0) is 25.5 Å². The number of benzene rings is 1. The average molecular weight is 273 g/mol. The lowest BCUT2D eigenvalue weighted by atomic mass is 10.0. The molecule has 0 aliphatic carbocycles. The zero-order valence-corrected chi connectivity index (χ0v) is 10.2. The van der Waals surface area contributed by atoms with Crippen LogP contribution in [0.2, 0.25) is 0 Å². The highest BCUT2D eigenvalue weighted by atomic mass is 19.4. The Morgan fingerprint density at radius 2 is 2.05 bits per heavy atom. The summed E-state index contributed by atoms with van der Waals surface area (Å²) in [6.45, 7) is 2.96. The van der Waals surface area contributed by atoms with E-state index in [1.807, 2.05) is 0 Å². The zero-order chi connectivity index (χ0) is 14.6. The molecule has 0 N–H and O–H groups in total. The Labute approximate surface area is 107 Å². The second kappa shape index (κ2) is 5.61. The normalized spacial score (nSPS) is 10.7. The van der Waals surface area contributed by atoms with Gasteiger partial charge in [0.25, 0.3) is 0 Å². The van der Waals surface area contributed by atoms with Gasteiger partial charge in [-0.25, -0.2) is 4.79 Å². The number of rotatable bonds is 3. The van der Waals surface area contributed by atoms with Crippen molar-refractivity contribution in [2.45, 2.75) is 20.2 Å². The number of halogens is 3. The number of carbonyl (C=O) groups excluding carboxylic acids is 1. The number of hydrogen-bond donors (Lipinski definition) is 0. The lowest BCUT2D eigenvalue weighted by Crippen LogP contribution is -2.21. The van der Waals surface area contributed by atoms with Crippen LogP contribution in [0.5, 0.6) is 5.75 Å². The summed E-state index contributed by atoms with van der Waals surface area (Å²) in [7, 11) is 0. The van der Waals surface area contributed by atoms with Crippen molar-refractivity contribution < 1.29 is 27.4 Å². The molecule has 1 aromatic rings. The van der Waals surface area contributed by atoms with Gasteiger partial charge in [0, 0.05) is 0 Å². The minimum Gasteiger partial charge on any atom is -0.462 e. The summed E-state index contributed by atoms with van der Waals surface area (Å²) < 4.78 is 45.4. The molecule has 0 spiro atoms. The molecule has 1 rings (SSSR count). The van der Waals surface area contributed by atoms with Gasteiger partial charge in [0.05, 0.1) is 12.2 Å². The van der Waals surface area contributed by atoms with Crippen LogP contribution < -0.4 is 4.74 Å². The van der Waals surface area contributed by atoms with E-state index >= 15 is 0 Å². The van der Waals surface area contributed by atoms with Crippen molar-refractivity contribution in [3.05, 3.63) is 28.8 Å². The first-order valence-electron chi connectivity index (χ1n) is 5.26. The summed E-state index contributed by atoms with van der Waals surface area (Å²) in [5.41, 5.74) is -0.501. The summed E-state index contributed by atoms with van der Waals surface area (Å²) in [6.07, 6.45) is -5.00. The van der Waals surface area contributed by atoms with Gasteiger partial charge in [-0.2, -0.15) is 5.26 Å². The van der Waals surface area contributed by atoms with Gasteiger partial charge in [0.2, 0.25) is 0 Å². The Bertz CT molecular complexity index is 532. The Morgan fingerprint density at radius 3 is 2.53 bits per heavy atom. The number of nitriles is 1. The fourth-order valence-electron chi connectivity index (χ4n) is 1.41. The Morgan fingerprint density at radius 1 is 1.42 bits per heavy atom. The molecule has 102 valence electrons. The maximum absolute atomic E-state index is 12.3. The molecule has 0 unspecified atom stereocenters. The molecule has 0 fully saturated rings. The number of hydrogen-bond acceptors (Lipinski definition) is 4. The Balaban J connectivity index is 3.39. The highest BCUT2D eigenvalue weighted by molar-refractivity contribution is 5.93. The van der Waals surface area contributed by atoms with Crippen LogP contribution in [0, 0.1) is 18.3 Å². The van der Waals surface area contributed by atoms with Crippen molar-refractivity contribution in [2.24, 2.45) is 0 Å². The van der Waals surface area contributed by atoms with Gasteiger partial charge in [0.1, 0.15) is 11.6 Å². The van der Waals surface area contributed by atoms with E-state index in [1.165, 1.54) is 19.9 Å². The minimum atomic E-state index is -5.00. The predicted molar refractivity (Wildman–Crippen MR) is 58.5 cm³/mol. The minimum absolute atomic E-state index is 0.0000541. The highest BCUT2D eigenvalue weighted by Gasteiger charge is 2.35. The fourth-order valence-corrected chi connectivity index (χ4v) is 1.41. The van der Waals surface area contributed by atoms with Gasteiger partial charge in [-0.3, -0.25) is 0 Å². The molecule has 0 saturated heterocycles. The quantitative estimate of drug-likeness (QED) is 0.794. The molecule has 0 saturated carbocycles. The zero-order valence-electron chi connectivity index (χ0n) is 10.2. The SMILES string of the molecule is CCOC(=O)c1ccc(C)c(C#N)c1OC(F)(F)F. The molecule has 7 heteroatoms. The first kappa shape index (κ1) is 14.8. The molecular weight excluding hydrogens is 263 g/mol. The van der Waals surface area contributed by atoms with Crippen molar-refractivity contribution in [3.8, 4) is 11.8 Å². The third kappa shape index (κ3) is 3.61. The highest BCUT2D eigenvalue weighted by Crippen LogP contribution is 2.32. The second-order valence-corrected chi connectivity index (χ2v) is 3.51. The maximum atomic E-state index is 12.3. The molecule has 0 aliphatic heterocycles. The molecule has 4 nitrogen and oxygen atoms in total. The van der Waals surface area contributed by atoms with Gasteiger partial charge < -0.3 is 9.47 Å². The van der Waals surface area contributed by atoms with E-state index in [0.29, 0.717) is 0 Å². The van der Waals surface area contributed by atoms with E-state index < -0.39 is 23.6 Å². The van der Waals surface area contributed by atoms with E-state index in [1.54, 1.807) is 6.07 Å². The number of nitrogens with zero attached hydrogens (tertiary/aromatic N) is 1. The van der Waals surface area contributed by atoms with Crippen LogP contribution in [0.1, 0.15) is 28.4 Å². The predicted octanol–water partition coefficient (Wildman–Crippen LogP) is 2.94. The van der Waals surface area contributed by atoms with Crippen molar-refractivity contribution in [1.82, 2.24) is 0 Å². The summed E-state index contributed by atoms with van der Waals surface area (Å²) in [4.78, 5) is 11.6. The third-order valence-electron chi connectivity index (χ3n) is 2.19.